The number of hydrogen-bond donors (Lipinski definition) is 1. The van der Waals surface area contributed by atoms with Crippen molar-refractivity contribution in [1.29, 1.82) is 0 Å². The van der Waals surface area contributed by atoms with Gasteiger partial charge in [-0.2, -0.15) is 0 Å². The van der Waals surface area contributed by atoms with Crippen molar-refractivity contribution >= 4 is 32.8 Å². The van der Waals surface area contributed by atoms with Crippen molar-refractivity contribution in [3.8, 4) is 5.75 Å². The maximum Gasteiger partial charge on any atom is 0.230 e. The SMILES string of the molecule is CCS(=O)(=O)c1ccc(NC(=O)Cc2csc(COc3ccc(C)cc3)n2)cc1. The molecule has 8 heteroatoms. The van der Waals surface area contributed by atoms with Gasteiger partial charge in [0.25, 0.3) is 0 Å². The van der Waals surface area contributed by atoms with Crippen LogP contribution in [0.1, 0.15) is 23.2 Å². The third kappa shape index (κ3) is 5.88. The molecule has 0 spiro atoms. The highest BCUT2D eigenvalue weighted by Gasteiger charge is 2.12. The summed E-state index contributed by atoms with van der Waals surface area (Å²) >= 11 is 1.44. The van der Waals surface area contributed by atoms with Crippen molar-refractivity contribution in [3.05, 3.63) is 70.2 Å². The number of benzene rings is 2. The third-order valence-electron chi connectivity index (χ3n) is 4.20. The molecular formula is C21H22N2O4S2. The van der Waals surface area contributed by atoms with E-state index in [1.807, 2.05) is 36.6 Å². The number of nitrogens with zero attached hydrogens (tertiary/aromatic N) is 1. The number of carbonyl (C=O) groups excluding carboxylic acids is 1. The molecule has 1 heterocycles. The van der Waals surface area contributed by atoms with Crippen LogP contribution >= 0.6 is 11.3 Å². The van der Waals surface area contributed by atoms with Crippen LogP contribution in [0.25, 0.3) is 0 Å². The molecule has 0 saturated carbocycles. The van der Waals surface area contributed by atoms with Crippen LogP contribution in [-0.2, 0) is 27.7 Å². The fourth-order valence-electron chi connectivity index (χ4n) is 2.56. The van der Waals surface area contributed by atoms with Crippen LogP contribution in [0, 0.1) is 6.92 Å². The molecule has 0 unspecified atom stereocenters. The lowest BCUT2D eigenvalue weighted by atomic mass is 10.2. The number of carbonyl (C=O) groups is 1. The molecule has 0 aliphatic heterocycles. The molecule has 0 atom stereocenters. The van der Waals surface area contributed by atoms with E-state index >= 15 is 0 Å². The van der Waals surface area contributed by atoms with E-state index < -0.39 is 9.84 Å². The second-order valence-corrected chi connectivity index (χ2v) is 9.71. The molecule has 29 heavy (non-hydrogen) atoms. The average Bonchev–Trinajstić information content (AvgIpc) is 3.15. The molecule has 0 fully saturated rings. The zero-order chi connectivity index (χ0) is 20.9. The first-order chi connectivity index (χ1) is 13.9. The van der Waals surface area contributed by atoms with Crippen LogP contribution in [0.15, 0.2) is 58.8 Å². The molecule has 1 amide bonds. The summed E-state index contributed by atoms with van der Waals surface area (Å²) in [6.07, 6.45) is 0.135. The van der Waals surface area contributed by atoms with Crippen LogP contribution in [0.4, 0.5) is 5.69 Å². The van der Waals surface area contributed by atoms with Gasteiger partial charge in [0.15, 0.2) is 9.84 Å². The number of amides is 1. The molecular weight excluding hydrogens is 408 g/mol. The van der Waals surface area contributed by atoms with Crippen LogP contribution < -0.4 is 10.1 Å². The van der Waals surface area contributed by atoms with Crippen molar-refractivity contribution in [2.75, 3.05) is 11.1 Å². The van der Waals surface area contributed by atoms with Gasteiger partial charge in [-0.25, -0.2) is 13.4 Å². The van der Waals surface area contributed by atoms with Crippen LogP contribution in [0.3, 0.4) is 0 Å². The Labute approximate surface area is 174 Å². The van der Waals surface area contributed by atoms with Crippen LogP contribution in [0.2, 0.25) is 0 Å². The molecule has 0 aliphatic carbocycles. The van der Waals surface area contributed by atoms with E-state index in [2.05, 4.69) is 10.3 Å². The van der Waals surface area contributed by atoms with Gasteiger partial charge in [0.05, 0.1) is 22.8 Å². The van der Waals surface area contributed by atoms with Gasteiger partial charge in [0.2, 0.25) is 5.91 Å². The third-order valence-corrected chi connectivity index (χ3v) is 6.82. The normalized spacial score (nSPS) is 11.2. The van der Waals surface area contributed by atoms with Crippen molar-refractivity contribution < 1.29 is 17.9 Å². The lowest BCUT2D eigenvalue weighted by Crippen LogP contribution is -2.15. The fourth-order valence-corrected chi connectivity index (χ4v) is 4.15. The first-order valence-electron chi connectivity index (χ1n) is 9.11. The van der Waals surface area contributed by atoms with E-state index in [1.165, 1.54) is 29.0 Å². The molecule has 2 aromatic carbocycles. The Morgan fingerprint density at radius 3 is 2.45 bits per heavy atom. The van der Waals surface area contributed by atoms with Gasteiger partial charge >= 0.3 is 0 Å². The Morgan fingerprint density at radius 1 is 1.10 bits per heavy atom. The summed E-state index contributed by atoms with van der Waals surface area (Å²) in [7, 11) is -3.25. The minimum absolute atomic E-state index is 0.0402. The number of ether oxygens (including phenoxy) is 1. The Kier molecular flexibility index (Phi) is 6.66. The Hall–Kier alpha value is -2.71. The lowest BCUT2D eigenvalue weighted by molar-refractivity contribution is -0.115. The highest BCUT2D eigenvalue weighted by Crippen LogP contribution is 2.18. The topological polar surface area (TPSA) is 85.4 Å². The number of anilines is 1. The predicted molar refractivity (Wildman–Crippen MR) is 114 cm³/mol. The van der Waals surface area contributed by atoms with Crippen molar-refractivity contribution in [2.24, 2.45) is 0 Å². The Bertz CT molecular complexity index is 1070. The van der Waals surface area contributed by atoms with Gasteiger partial charge in [0, 0.05) is 11.1 Å². The molecule has 0 radical (unpaired) electrons. The van der Waals surface area contributed by atoms with Crippen LogP contribution in [-0.4, -0.2) is 25.1 Å². The number of rotatable bonds is 8. The zero-order valence-corrected chi connectivity index (χ0v) is 17.8. The van der Waals surface area contributed by atoms with Gasteiger partial charge in [-0.3, -0.25) is 4.79 Å². The van der Waals surface area contributed by atoms with E-state index in [4.69, 9.17) is 4.74 Å². The smallest absolute Gasteiger partial charge is 0.230 e. The summed E-state index contributed by atoms with van der Waals surface area (Å²) in [4.78, 5) is 16.9. The number of aryl methyl sites for hydroxylation is 1. The molecule has 0 saturated heterocycles. The monoisotopic (exact) mass is 430 g/mol. The maximum absolute atomic E-state index is 12.2. The van der Waals surface area contributed by atoms with Crippen molar-refractivity contribution in [1.82, 2.24) is 4.98 Å². The molecule has 0 aliphatic rings. The number of aromatic nitrogens is 1. The number of nitrogens with one attached hydrogen (secondary N) is 1. The molecule has 3 aromatic rings. The summed E-state index contributed by atoms with van der Waals surface area (Å²) in [5.74, 6) is 0.601. The second kappa shape index (κ2) is 9.19. The largest absolute Gasteiger partial charge is 0.486 e. The number of sulfone groups is 1. The molecule has 3 rings (SSSR count). The van der Waals surface area contributed by atoms with Gasteiger partial charge < -0.3 is 10.1 Å². The molecule has 1 N–H and O–H groups in total. The molecule has 1 aromatic heterocycles. The summed E-state index contributed by atoms with van der Waals surface area (Å²) in [6, 6.07) is 14.0. The second-order valence-electron chi connectivity index (χ2n) is 6.49. The highest BCUT2D eigenvalue weighted by molar-refractivity contribution is 7.91. The standard InChI is InChI=1S/C21H22N2O4S2/c1-3-29(25,26)19-10-6-16(7-11-19)22-20(24)12-17-14-28-21(23-17)13-27-18-8-4-15(2)5-9-18/h4-11,14H,3,12-13H2,1-2H3,(H,22,24). The maximum atomic E-state index is 12.2. The van der Waals surface area contributed by atoms with Gasteiger partial charge in [-0.1, -0.05) is 24.6 Å². The van der Waals surface area contributed by atoms with Gasteiger partial charge in [-0.05, 0) is 43.3 Å². The molecule has 0 bridgehead atoms. The fraction of sp³-hybridized carbons (Fsp3) is 0.238. The highest BCUT2D eigenvalue weighted by atomic mass is 32.2. The lowest BCUT2D eigenvalue weighted by Gasteiger charge is -2.06. The number of thiazole rings is 1. The van der Waals surface area contributed by atoms with Gasteiger partial charge in [0.1, 0.15) is 17.4 Å². The van der Waals surface area contributed by atoms with Crippen molar-refractivity contribution in [3.63, 3.8) is 0 Å². The average molecular weight is 431 g/mol. The Balaban J connectivity index is 1.52. The van der Waals surface area contributed by atoms with E-state index in [0.29, 0.717) is 18.0 Å². The summed E-state index contributed by atoms with van der Waals surface area (Å²) in [5, 5.41) is 5.39. The summed E-state index contributed by atoms with van der Waals surface area (Å²) < 4.78 is 29.4. The quantitative estimate of drug-likeness (QED) is 0.584. The van der Waals surface area contributed by atoms with E-state index in [-0.39, 0.29) is 23.0 Å². The van der Waals surface area contributed by atoms with Gasteiger partial charge in [-0.15, -0.1) is 11.3 Å². The first-order valence-corrected chi connectivity index (χ1v) is 11.6. The minimum Gasteiger partial charge on any atom is -0.486 e. The molecule has 152 valence electrons. The number of hydrogen-bond acceptors (Lipinski definition) is 6. The Morgan fingerprint density at radius 2 is 1.79 bits per heavy atom. The van der Waals surface area contributed by atoms with Crippen LogP contribution in [0.5, 0.6) is 5.75 Å². The molecule has 6 nitrogen and oxygen atoms in total. The van der Waals surface area contributed by atoms with E-state index in [9.17, 15) is 13.2 Å². The predicted octanol–water partition coefficient (Wildman–Crippen LogP) is 4.01. The minimum atomic E-state index is -3.25. The summed E-state index contributed by atoms with van der Waals surface area (Å²) in [5.41, 5.74) is 2.38. The van der Waals surface area contributed by atoms with Crippen molar-refractivity contribution in [2.45, 2.75) is 31.8 Å². The van der Waals surface area contributed by atoms with E-state index in [0.717, 1.165) is 10.8 Å². The first kappa shape index (κ1) is 21.0. The summed E-state index contributed by atoms with van der Waals surface area (Å²) in [6.45, 7) is 3.96. The van der Waals surface area contributed by atoms with E-state index in [1.54, 1.807) is 19.1 Å². The zero-order valence-electron chi connectivity index (χ0n) is 16.2.